The quantitative estimate of drug-likeness (QED) is 0.696. The first kappa shape index (κ1) is 20.5. The maximum atomic E-state index is 12.8. The van der Waals surface area contributed by atoms with Crippen LogP contribution in [0.5, 0.6) is 5.75 Å². The molecule has 0 saturated carbocycles. The molecular formula is C22H28N2O3. The molecule has 3 N–H and O–H groups in total. The number of benzene rings is 2. The number of carbonyl (C=O) groups is 2. The van der Waals surface area contributed by atoms with Crippen molar-refractivity contribution >= 4 is 17.5 Å². The van der Waals surface area contributed by atoms with Crippen LogP contribution in [0.4, 0.5) is 5.69 Å². The van der Waals surface area contributed by atoms with Gasteiger partial charge in [0.15, 0.2) is 0 Å². The second-order valence-electron chi connectivity index (χ2n) is 8.03. The lowest BCUT2D eigenvalue weighted by atomic mass is 9.87. The lowest BCUT2D eigenvalue weighted by molar-refractivity contribution is -0.118. The topological polar surface area (TPSA) is 78.4 Å². The molecule has 0 bridgehead atoms. The van der Waals surface area contributed by atoms with Crippen LogP contribution in [0.25, 0.3) is 0 Å². The molecule has 2 rings (SSSR count). The van der Waals surface area contributed by atoms with Gasteiger partial charge >= 0.3 is 0 Å². The van der Waals surface area contributed by atoms with Crippen LogP contribution in [0.2, 0.25) is 0 Å². The SMILES string of the molecule is CC(C)C(NC(=O)c1ccccc1)C(=O)Nc1cc(C(C)(C)C)ccc1O. The van der Waals surface area contributed by atoms with E-state index in [1.807, 2.05) is 26.0 Å². The highest BCUT2D eigenvalue weighted by Crippen LogP contribution is 2.31. The summed E-state index contributed by atoms with van der Waals surface area (Å²) < 4.78 is 0. The van der Waals surface area contributed by atoms with Gasteiger partial charge in [0.1, 0.15) is 11.8 Å². The van der Waals surface area contributed by atoms with Crippen molar-refractivity contribution in [3.63, 3.8) is 0 Å². The third-order valence-electron chi connectivity index (χ3n) is 4.39. The summed E-state index contributed by atoms with van der Waals surface area (Å²) in [5.41, 5.74) is 1.71. The van der Waals surface area contributed by atoms with Crippen LogP contribution in [0.3, 0.4) is 0 Å². The van der Waals surface area contributed by atoms with E-state index < -0.39 is 6.04 Å². The Bertz CT molecular complexity index is 808. The molecule has 0 aromatic heterocycles. The van der Waals surface area contributed by atoms with Crippen molar-refractivity contribution < 1.29 is 14.7 Å². The highest BCUT2D eigenvalue weighted by molar-refractivity contribution is 6.01. The van der Waals surface area contributed by atoms with E-state index in [-0.39, 0.29) is 28.9 Å². The van der Waals surface area contributed by atoms with Gasteiger partial charge in [-0.15, -0.1) is 0 Å². The molecule has 5 heteroatoms. The van der Waals surface area contributed by atoms with Gasteiger partial charge in [0.25, 0.3) is 5.91 Å². The summed E-state index contributed by atoms with van der Waals surface area (Å²) in [6.07, 6.45) is 0. The van der Waals surface area contributed by atoms with Crippen molar-refractivity contribution in [1.29, 1.82) is 0 Å². The van der Waals surface area contributed by atoms with E-state index in [2.05, 4.69) is 31.4 Å². The Kier molecular flexibility index (Phi) is 6.26. The fraction of sp³-hybridized carbons (Fsp3) is 0.364. The molecule has 2 aromatic rings. The van der Waals surface area contributed by atoms with Gasteiger partial charge in [-0.3, -0.25) is 9.59 Å². The van der Waals surface area contributed by atoms with Crippen molar-refractivity contribution in [1.82, 2.24) is 5.32 Å². The van der Waals surface area contributed by atoms with E-state index in [0.29, 0.717) is 11.3 Å². The van der Waals surface area contributed by atoms with Gasteiger partial charge in [-0.25, -0.2) is 0 Å². The van der Waals surface area contributed by atoms with Crippen molar-refractivity contribution in [3.05, 3.63) is 59.7 Å². The number of phenols is 1. The second-order valence-corrected chi connectivity index (χ2v) is 8.03. The van der Waals surface area contributed by atoms with E-state index in [1.54, 1.807) is 36.4 Å². The molecule has 144 valence electrons. The first-order valence-corrected chi connectivity index (χ1v) is 9.10. The Morgan fingerprint density at radius 1 is 1.00 bits per heavy atom. The Morgan fingerprint density at radius 2 is 1.63 bits per heavy atom. The summed E-state index contributed by atoms with van der Waals surface area (Å²) in [4.78, 5) is 25.2. The predicted molar refractivity (Wildman–Crippen MR) is 108 cm³/mol. The molecule has 1 atom stereocenters. The number of aromatic hydroxyl groups is 1. The standard InChI is InChI=1S/C22H28N2O3/c1-14(2)19(24-20(26)15-9-7-6-8-10-15)21(27)23-17-13-16(22(3,4)5)11-12-18(17)25/h6-14,19,25H,1-5H3,(H,23,27)(H,24,26). The van der Waals surface area contributed by atoms with Gasteiger partial charge in [0.2, 0.25) is 5.91 Å². The van der Waals surface area contributed by atoms with Crippen molar-refractivity contribution in [2.24, 2.45) is 5.92 Å². The van der Waals surface area contributed by atoms with Gasteiger partial charge in [0, 0.05) is 5.56 Å². The number of anilines is 1. The zero-order chi connectivity index (χ0) is 20.2. The molecule has 2 aromatic carbocycles. The minimum Gasteiger partial charge on any atom is -0.506 e. The summed E-state index contributed by atoms with van der Waals surface area (Å²) in [5.74, 6) is -0.799. The lowest BCUT2D eigenvalue weighted by Crippen LogP contribution is -2.47. The minimum absolute atomic E-state index is 0.00626. The monoisotopic (exact) mass is 368 g/mol. The summed E-state index contributed by atoms with van der Waals surface area (Å²) in [6, 6.07) is 13.2. The minimum atomic E-state index is -0.726. The van der Waals surface area contributed by atoms with E-state index in [9.17, 15) is 14.7 Å². The van der Waals surface area contributed by atoms with Crippen LogP contribution in [0, 0.1) is 5.92 Å². The number of hydrogen-bond donors (Lipinski definition) is 3. The van der Waals surface area contributed by atoms with Crippen LogP contribution in [-0.4, -0.2) is 23.0 Å². The van der Waals surface area contributed by atoms with Gasteiger partial charge in [-0.05, 0) is 41.2 Å². The second kappa shape index (κ2) is 8.25. The maximum Gasteiger partial charge on any atom is 0.251 e. The molecule has 0 radical (unpaired) electrons. The van der Waals surface area contributed by atoms with Crippen molar-refractivity contribution in [2.75, 3.05) is 5.32 Å². The molecule has 0 aliphatic carbocycles. The Morgan fingerprint density at radius 3 is 2.19 bits per heavy atom. The third kappa shape index (κ3) is 5.33. The summed E-state index contributed by atoms with van der Waals surface area (Å²) in [5, 5.41) is 15.7. The lowest BCUT2D eigenvalue weighted by Gasteiger charge is -2.24. The van der Waals surface area contributed by atoms with Crippen LogP contribution >= 0.6 is 0 Å². The normalized spacial score (nSPS) is 12.5. The fourth-order valence-electron chi connectivity index (χ4n) is 2.66. The van der Waals surface area contributed by atoms with Crippen LogP contribution in [-0.2, 0) is 10.2 Å². The molecule has 0 aliphatic rings. The number of rotatable bonds is 5. The zero-order valence-electron chi connectivity index (χ0n) is 16.5. The summed E-state index contributed by atoms with van der Waals surface area (Å²) in [7, 11) is 0. The summed E-state index contributed by atoms with van der Waals surface area (Å²) >= 11 is 0. The highest BCUT2D eigenvalue weighted by Gasteiger charge is 2.26. The van der Waals surface area contributed by atoms with Crippen molar-refractivity contribution in [2.45, 2.75) is 46.1 Å². The highest BCUT2D eigenvalue weighted by atomic mass is 16.3. The molecule has 0 saturated heterocycles. The number of hydrogen-bond acceptors (Lipinski definition) is 3. The number of carbonyl (C=O) groups excluding carboxylic acids is 2. The largest absolute Gasteiger partial charge is 0.506 e. The van der Waals surface area contributed by atoms with Crippen molar-refractivity contribution in [3.8, 4) is 5.75 Å². The molecular weight excluding hydrogens is 340 g/mol. The fourth-order valence-corrected chi connectivity index (χ4v) is 2.66. The van der Waals surface area contributed by atoms with Crippen LogP contribution in [0.1, 0.15) is 50.5 Å². The molecule has 27 heavy (non-hydrogen) atoms. The molecule has 1 unspecified atom stereocenters. The third-order valence-corrected chi connectivity index (χ3v) is 4.39. The van der Waals surface area contributed by atoms with Gasteiger partial charge < -0.3 is 15.7 Å². The van der Waals surface area contributed by atoms with Crippen LogP contribution in [0.15, 0.2) is 48.5 Å². The van der Waals surface area contributed by atoms with E-state index in [4.69, 9.17) is 0 Å². The zero-order valence-corrected chi connectivity index (χ0v) is 16.5. The molecule has 0 aliphatic heterocycles. The molecule has 5 nitrogen and oxygen atoms in total. The smallest absolute Gasteiger partial charge is 0.251 e. The summed E-state index contributed by atoms with van der Waals surface area (Å²) in [6.45, 7) is 9.90. The van der Waals surface area contributed by atoms with E-state index in [0.717, 1.165) is 5.56 Å². The predicted octanol–water partition coefficient (Wildman–Crippen LogP) is 4.08. The van der Waals surface area contributed by atoms with Gasteiger partial charge in [-0.2, -0.15) is 0 Å². The number of phenolic OH excluding ortho intramolecular Hbond substituents is 1. The number of nitrogens with one attached hydrogen (secondary N) is 2. The molecule has 2 amide bonds. The van der Waals surface area contributed by atoms with E-state index in [1.165, 1.54) is 0 Å². The first-order valence-electron chi connectivity index (χ1n) is 9.10. The van der Waals surface area contributed by atoms with Gasteiger partial charge in [-0.1, -0.05) is 58.9 Å². The maximum absolute atomic E-state index is 12.8. The Labute approximate surface area is 160 Å². The number of amides is 2. The Hall–Kier alpha value is -2.82. The molecule has 0 heterocycles. The molecule has 0 fully saturated rings. The van der Waals surface area contributed by atoms with E-state index >= 15 is 0 Å². The molecule has 0 spiro atoms. The first-order chi connectivity index (χ1) is 12.6. The van der Waals surface area contributed by atoms with Crippen LogP contribution < -0.4 is 10.6 Å². The average Bonchev–Trinajstić information content (AvgIpc) is 2.60. The van der Waals surface area contributed by atoms with Gasteiger partial charge in [0.05, 0.1) is 5.69 Å². The average molecular weight is 368 g/mol. The Balaban J connectivity index is 2.19.